The van der Waals surface area contributed by atoms with Gasteiger partial charge in [0.15, 0.2) is 0 Å². The van der Waals surface area contributed by atoms with Gasteiger partial charge in [-0.2, -0.15) is 0 Å². The molecule has 0 bridgehead atoms. The van der Waals surface area contributed by atoms with Crippen LogP contribution >= 0.6 is 0 Å². The molecular weight excluding hydrogens is 169 g/mol. The van der Waals surface area contributed by atoms with Crippen LogP contribution in [0.4, 0.5) is 10.1 Å². The lowest BCUT2D eigenvalue weighted by Crippen LogP contribution is -2.28. The summed E-state index contributed by atoms with van der Waals surface area (Å²) in [5.74, 6) is -0.192. The van der Waals surface area contributed by atoms with Crippen LogP contribution in [-0.4, -0.2) is 17.8 Å². The average molecular weight is 181 g/mol. The standard InChI is InChI=1S/C10H12FNO/c1-6-9(11)3-2-7-4-8(13)5-12-10(6)7/h2-3,8,12-13H,4-5H2,1H3. The molecule has 1 aliphatic rings. The molecule has 13 heavy (non-hydrogen) atoms. The highest BCUT2D eigenvalue weighted by atomic mass is 19.1. The van der Waals surface area contributed by atoms with Gasteiger partial charge in [0.05, 0.1) is 6.10 Å². The van der Waals surface area contributed by atoms with E-state index in [1.165, 1.54) is 6.07 Å². The third-order valence-corrected chi connectivity index (χ3v) is 2.46. The lowest BCUT2D eigenvalue weighted by molar-refractivity contribution is 0.184. The van der Waals surface area contributed by atoms with Crippen LogP contribution in [0.1, 0.15) is 11.1 Å². The highest BCUT2D eigenvalue weighted by molar-refractivity contribution is 5.59. The first kappa shape index (κ1) is 8.51. The largest absolute Gasteiger partial charge is 0.391 e. The van der Waals surface area contributed by atoms with Crippen molar-refractivity contribution < 1.29 is 9.50 Å². The van der Waals surface area contributed by atoms with Crippen LogP contribution in [-0.2, 0) is 6.42 Å². The summed E-state index contributed by atoms with van der Waals surface area (Å²) in [6.45, 7) is 2.26. The highest BCUT2D eigenvalue weighted by Crippen LogP contribution is 2.27. The number of rotatable bonds is 0. The van der Waals surface area contributed by atoms with Crippen molar-refractivity contribution in [3.8, 4) is 0 Å². The Hall–Kier alpha value is -1.09. The van der Waals surface area contributed by atoms with Crippen molar-refractivity contribution in [2.24, 2.45) is 0 Å². The molecule has 0 saturated carbocycles. The van der Waals surface area contributed by atoms with Crippen molar-refractivity contribution in [3.63, 3.8) is 0 Å². The van der Waals surface area contributed by atoms with Crippen molar-refractivity contribution in [1.82, 2.24) is 0 Å². The summed E-state index contributed by atoms with van der Waals surface area (Å²) in [5, 5.41) is 12.4. The first-order valence-electron chi connectivity index (χ1n) is 4.38. The van der Waals surface area contributed by atoms with Crippen molar-refractivity contribution in [3.05, 3.63) is 29.1 Å². The van der Waals surface area contributed by atoms with Gasteiger partial charge in [-0.05, 0) is 18.6 Å². The van der Waals surface area contributed by atoms with Gasteiger partial charge in [-0.1, -0.05) is 6.07 Å². The van der Waals surface area contributed by atoms with Crippen LogP contribution in [0.25, 0.3) is 0 Å². The van der Waals surface area contributed by atoms with Crippen molar-refractivity contribution >= 4 is 5.69 Å². The number of fused-ring (bicyclic) bond motifs is 1. The van der Waals surface area contributed by atoms with E-state index in [0.29, 0.717) is 18.5 Å². The zero-order valence-corrected chi connectivity index (χ0v) is 7.47. The number of β-amino-alcohol motifs (C(OH)–C–C–N with tert-alkyl or cyclic N) is 1. The summed E-state index contributed by atoms with van der Waals surface area (Å²) in [6, 6.07) is 3.18. The van der Waals surface area contributed by atoms with E-state index in [9.17, 15) is 9.50 Å². The number of hydrogen-bond acceptors (Lipinski definition) is 2. The third kappa shape index (κ3) is 1.40. The number of aliphatic hydroxyl groups is 1. The minimum absolute atomic E-state index is 0.192. The first-order valence-corrected chi connectivity index (χ1v) is 4.38. The smallest absolute Gasteiger partial charge is 0.128 e. The molecule has 1 unspecified atom stereocenters. The lowest BCUT2D eigenvalue weighted by Gasteiger charge is -2.24. The Balaban J connectivity index is 2.47. The first-order chi connectivity index (χ1) is 6.18. The van der Waals surface area contributed by atoms with Gasteiger partial charge in [-0.25, -0.2) is 4.39 Å². The van der Waals surface area contributed by atoms with E-state index in [1.807, 2.05) is 0 Å². The maximum atomic E-state index is 13.1. The second-order valence-corrected chi connectivity index (χ2v) is 3.45. The van der Waals surface area contributed by atoms with Gasteiger partial charge in [0.2, 0.25) is 0 Å². The molecule has 0 radical (unpaired) electrons. The summed E-state index contributed by atoms with van der Waals surface area (Å²) >= 11 is 0. The van der Waals surface area contributed by atoms with Crippen molar-refractivity contribution in [2.45, 2.75) is 19.4 Å². The van der Waals surface area contributed by atoms with E-state index in [0.717, 1.165) is 11.3 Å². The zero-order chi connectivity index (χ0) is 9.42. The number of aliphatic hydroxyl groups excluding tert-OH is 1. The average Bonchev–Trinajstić information content (AvgIpc) is 2.12. The maximum absolute atomic E-state index is 13.1. The number of hydrogen-bond donors (Lipinski definition) is 2. The molecule has 1 aliphatic heterocycles. The van der Waals surface area contributed by atoms with E-state index in [2.05, 4.69) is 5.32 Å². The Kier molecular flexibility index (Phi) is 1.96. The Morgan fingerprint density at radius 3 is 3.08 bits per heavy atom. The topological polar surface area (TPSA) is 32.3 Å². The third-order valence-electron chi connectivity index (χ3n) is 2.46. The fourth-order valence-electron chi connectivity index (χ4n) is 1.70. The molecule has 2 rings (SSSR count). The minimum Gasteiger partial charge on any atom is -0.391 e. The van der Waals surface area contributed by atoms with E-state index in [4.69, 9.17) is 0 Å². The minimum atomic E-state index is -0.350. The molecule has 0 aliphatic carbocycles. The molecule has 0 amide bonds. The van der Waals surface area contributed by atoms with Crippen LogP contribution in [0.2, 0.25) is 0 Å². The van der Waals surface area contributed by atoms with Crippen LogP contribution in [0, 0.1) is 12.7 Å². The molecular formula is C10H12FNO. The van der Waals surface area contributed by atoms with Crippen LogP contribution < -0.4 is 5.32 Å². The molecule has 1 aromatic rings. The van der Waals surface area contributed by atoms with Crippen molar-refractivity contribution in [2.75, 3.05) is 11.9 Å². The maximum Gasteiger partial charge on any atom is 0.128 e. The summed E-state index contributed by atoms with van der Waals surface area (Å²) in [6.07, 6.45) is 0.265. The molecule has 0 aromatic heterocycles. The number of benzene rings is 1. The summed E-state index contributed by atoms with van der Waals surface area (Å²) in [5.41, 5.74) is 2.49. The summed E-state index contributed by atoms with van der Waals surface area (Å²) in [7, 11) is 0. The molecule has 1 aromatic carbocycles. The van der Waals surface area contributed by atoms with Crippen LogP contribution in [0.3, 0.4) is 0 Å². The van der Waals surface area contributed by atoms with Gasteiger partial charge in [0.25, 0.3) is 0 Å². The molecule has 0 fully saturated rings. The molecule has 1 heterocycles. The Bertz CT molecular complexity index is 338. The van der Waals surface area contributed by atoms with E-state index in [-0.39, 0.29) is 11.9 Å². The van der Waals surface area contributed by atoms with E-state index >= 15 is 0 Å². The van der Waals surface area contributed by atoms with Crippen molar-refractivity contribution in [1.29, 1.82) is 0 Å². The van der Waals surface area contributed by atoms with Gasteiger partial charge < -0.3 is 10.4 Å². The Morgan fingerprint density at radius 2 is 2.31 bits per heavy atom. The second kappa shape index (κ2) is 3.00. The van der Waals surface area contributed by atoms with Crippen LogP contribution in [0.15, 0.2) is 12.1 Å². The predicted molar refractivity (Wildman–Crippen MR) is 49.3 cm³/mol. The lowest BCUT2D eigenvalue weighted by atomic mass is 9.98. The summed E-state index contributed by atoms with van der Waals surface area (Å²) in [4.78, 5) is 0. The molecule has 0 saturated heterocycles. The molecule has 2 N–H and O–H groups in total. The SMILES string of the molecule is Cc1c(F)ccc2c1NCC(O)C2. The van der Waals surface area contributed by atoms with E-state index in [1.54, 1.807) is 13.0 Å². The predicted octanol–water partition coefficient (Wildman–Crippen LogP) is 1.46. The Morgan fingerprint density at radius 1 is 1.54 bits per heavy atom. The van der Waals surface area contributed by atoms with Gasteiger partial charge >= 0.3 is 0 Å². The molecule has 3 heteroatoms. The van der Waals surface area contributed by atoms with Gasteiger partial charge in [0.1, 0.15) is 5.82 Å². The molecule has 70 valence electrons. The fraction of sp³-hybridized carbons (Fsp3) is 0.400. The monoisotopic (exact) mass is 181 g/mol. The number of halogens is 1. The van der Waals surface area contributed by atoms with Gasteiger partial charge in [-0.15, -0.1) is 0 Å². The second-order valence-electron chi connectivity index (χ2n) is 3.45. The zero-order valence-electron chi connectivity index (χ0n) is 7.47. The normalized spacial score (nSPS) is 20.7. The van der Waals surface area contributed by atoms with E-state index < -0.39 is 0 Å². The van der Waals surface area contributed by atoms with Gasteiger partial charge in [-0.3, -0.25) is 0 Å². The molecule has 1 atom stereocenters. The fourth-order valence-corrected chi connectivity index (χ4v) is 1.70. The summed E-state index contributed by atoms with van der Waals surface area (Å²) < 4.78 is 13.1. The quantitative estimate of drug-likeness (QED) is 0.635. The van der Waals surface area contributed by atoms with Crippen LogP contribution in [0.5, 0.6) is 0 Å². The molecule has 2 nitrogen and oxygen atoms in total. The number of anilines is 1. The van der Waals surface area contributed by atoms with Gasteiger partial charge in [0, 0.05) is 24.2 Å². The number of nitrogens with one attached hydrogen (secondary N) is 1. The highest BCUT2D eigenvalue weighted by Gasteiger charge is 2.18. The molecule has 0 spiro atoms. The Labute approximate surface area is 76.4 Å².